The molecule has 180 valence electrons. The standard InChI is InChI=1S/C22H24F2N6O3S/c1-10-8-30(9-14(25)19(10)31)16-3-4-27-7-15(16)28-21(32)18-20(26)34-22(29-18)17-12(23)5-11(33-2)6-13(17)24/h3-7,10,14,19,31H,8-9,25-26H2,1-2H3,(H,28,32)/t10-,14+,19+/m0/s1. The maximum absolute atomic E-state index is 14.5. The molecule has 0 saturated carbocycles. The van der Waals surface area contributed by atoms with Gasteiger partial charge in [0, 0.05) is 43.4 Å². The molecular formula is C22H24F2N6O3S. The summed E-state index contributed by atoms with van der Waals surface area (Å²) in [5.74, 6) is -2.48. The van der Waals surface area contributed by atoms with Crippen molar-refractivity contribution in [3.05, 3.63) is 47.9 Å². The van der Waals surface area contributed by atoms with Gasteiger partial charge in [0.2, 0.25) is 0 Å². The molecule has 9 nitrogen and oxygen atoms in total. The molecule has 0 unspecified atom stereocenters. The van der Waals surface area contributed by atoms with Gasteiger partial charge in [-0.15, -0.1) is 0 Å². The molecule has 6 N–H and O–H groups in total. The Hall–Kier alpha value is -3.35. The number of aliphatic hydroxyl groups excluding tert-OH is 1. The number of halogens is 2. The first-order valence-electron chi connectivity index (χ1n) is 10.4. The Morgan fingerprint density at radius 1 is 1.32 bits per heavy atom. The highest BCUT2D eigenvalue weighted by Gasteiger charge is 2.32. The van der Waals surface area contributed by atoms with Crippen LogP contribution in [0.5, 0.6) is 5.75 Å². The van der Waals surface area contributed by atoms with E-state index < -0.39 is 35.3 Å². The van der Waals surface area contributed by atoms with Crippen molar-refractivity contribution >= 4 is 33.6 Å². The highest BCUT2D eigenvalue weighted by Crippen LogP contribution is 2.36. The fourth-order valence-corrected chi connectivity index (χ4v) is 4.80. The highest BCUT2D eigenvalue weighted by atomic mass is 32.1. The molecule has 3 heterocycles. The van der Waals surface area contributed by atoms with Gasteiger partial charge in [-0.3, -0.25) is 9.78 Å². The zero-order valence-electron chi connectivity index (χ0n) is 18.5. The Labute approximate surface area is 198 Å². The van der Waals surface area contributed by atoms with Gasteiger partial charge in [-0.2, -0.15) is 0 Å². The van der Waals surface area contributed by atoms with Crippen molar-refractivity contribution in [2.75, 3.05) is 36.1 Å². The van der Waals surface area contributed by atoms with Crippen LogP contribution in [0.1, 0.15) is 17.4 Å². The highest BCUT2D eigenvalue weighted by molar-refractivity contribution is 7.19. The summed E-state index contributed by atoms with van der Waals surface area (Å²) >= 11 is 0.796. The first kappa shape index (κ1) is 23.8. The van der Waals surface area contributed by atoms with Gasteiger partial charge in [-0.1, -0.05) is 18.3 Å². The number of hydrogen-bond acceptors (Lipinski definition) is 9. The first-order chi connectivity index (χ1) is 16.2. The Morgan fingerprint density at radius 3 is 2.68 bits per heavy atom. The lowest BCUT2D eigenvalue weighted by atomic mass is 9.92. The fourth-order valence-electron chi connectivity index (χ4n) is 3.93. The summed E-state index contributed by atoms with van der Waals surface area (Å²) in [6, 6.07) is 3.33. The summed E-state index contributed by atoms with van der Waals surface area (Å²) in [6.45, 7) is 2.81. The number of anilines is 3. The number of aromatic nitrogens is 2. The average Bonchev–Trinajstić information content (AvgIpc) is 3.18. The summed E-state index contributed by atoms with van der Waals surface area (Å²) in [5.41, 5.74) is 12.5. The number of benzene rings is 1. The van der Waals surface area contributed by atoms with E-state index >= 15 is 0 Å². The van der Waals surface area contributed by atoms with Crippen LogP contribution < -0.4 is 26.4 Å². The zero-order chi connectivity index (χ0) is 24.6. The summed E-state index contributed by atoms with van der Waals surface area (Å²) in [4.78, 5) is 23.1. The van der Waals surface area contributed by atoms with Gasteiger partial charge < -0.3 is 31.5 Å². The van der Waals surface area contributed by atoms with E-state index in [0.29, 0.717) is 24.5 Å². The van der Waals surface area contributed by atoms with Crippen molar-refractivity contribution in [3.63, 3.8) is 0 Å². The number of thiazole rings is 1. The number of rotatable bonds is 5. The molecule has 1 aliphatic heterocycles. The van der Waals surface area contributed by atoms with Crippen LogP contribution in [0.25, 0.3) is 10.6 Å². The van der Waals surface area contributed by atoms with Crippen LogP contribution in [0.15, 0.2) is 30.6 Å². The Morgan fingerprint density at radius 2 is 2.03 bits per heavy atom. The van der Waals surface area contributed by atoms with E-state index in [-0.39, 0.29) is 27.4 Å². The Balaban J connectivity index is 1.61. The minimum atomic E-state index is -0.884. The molecule has 2 aromatic heterocycles. The number of amides is 1. The molecule has 1 saturated heterocycles. The predicted molar refractivity (Wildman–Crippen MR) is 126 cm³/mol. The molecule has 34 heavy (non-hydrogen) atoms. The summed E-state index contributed by atoms with van der Waals surface area (Å²) in [5, 5.41) is 12.8. The maximum Gasteiger partial charge on any atom is 0.277 e. The van der Waals surface area contributed by atoms with E-state index in [1.54, 1.807) is 12.3 Å². The topological polar surface area (TPSA) is 140 Å². The van der Waals surface area contributed by atoms with Gasteiger partial charge in [0.15, 0.2) is 5.69 Å². The molecule has 3 aromatic rings. The lowest BCUT2D eigenvalue weighted by Gasteiger charge is -2.40. The molecule has 1 aliphatic rings. The normalized spacial score (nSPS) is 20.3. The first-order valence-corrected chi connectivity index (χ1v) is 11.2. The molecule has 3 atom stereocenters. The molecular weight excluding hydrogens is 466 g/mol. The van der Waals surface area contributed by atoms with Crippen molar-refractivity contribution < 1.29 is 23.4 Å². The van der Waals surface area contributed by atoms with Gasteiger partial charge in [-0.25, -0.2) is 13.8 Å². The van der Waals surface area contributed by atoms with E-state index in [1.807, 2.05) is 11.8 Å². The zero-order valence-corrected chi connectivity index (χ0v) is 19.3. The minimum Gasteiger partial charge on any atom is -0.497 e. The second-order valence-corrected chi connectivity index (χ2v) is 9.11. The minimum absolute atomic E-state index is 0.00398. The second kappa shape index (κ2) is 9.49. The van der Waals surface area contributed by atoms with Crippen molar-refractivity contribution in [2.45, 2.75) is 19.1 Å². The number of aliphatic hydroxyl groups is 1. The number of nitrogens with one attached hydrogen (secondary N) is 1. The number of piperidine rings is 1. The van der Waals surface area contributed by atoms with Crippen molar-refractivity contribution in [1.82, 2.24) is 9.97 Å². The van der Waals surface area contributed by atoms with Crippen molar-refractivity contribution in [2.24, 2.45) is 11.7 Å². The molecule has 1 amide bonds. The fraction of sp³-hybridized carbons (Fsp3) is 0.318. The SMILES string of the molecule is COc1cc(F)c(-c2nc(C(=O)Nc3cnccc3N3C[C@@H](N)[C@H](O)[C@@H](C)C3)c(N)s2)c(F)c1. The molecule has 0 aliphatic carbocycles. The van der Waals surface area contributed by atoms with Crippen LogP contribution >= 0.6 is 11.3 Å². The number of nitrogens with two attached hydrogens (primary N) is 2. The van der Waals surface area contributed by atoms with Crippen LogP contribution in [0.2, 0.25) is 0 Å². The molecule has 0 bridgehead atoms. The van der Waals surface area contributed by atoms with Gasteiger partial charge >= 0.3 is 0 Å². The smallest absolute Gasteiger partial charge is 0.277 e. The number of methoxy groups -OCH3 is 1. The van der Waals surface area contributed by atoms with Gasteiger partial charge in [0.05, 0.1) is 36.3 Å². The monoisotopic (exact) mass is 490 g/mol. The molecule has 0 radical (unpaired) electrons. The van der Waals surface area contributed by atoms with Crippen molar-refractivity contribution in [1.29, 1.82) is 0 Å². The third-order valence-corrected chi connectivity index (χ3v) is 6.58. The van der Waals surface area contributed by atoms with E-state index in [1.165, 1.54) is 13.3 Å². The van der Waals surface area contributed by atoms with E-state index in [4.69, 9.17) is 16.2 Å². The Kier molecular flexibility index (Phi) is 6.64. The van der Waals surface area contributed by atoms with Crippen molar-refractivity contribution in [3.8, 4) is 16.3 Å². The third-order valence-electron chi connectivity index (χ3n) is 5.68. The summed E-state index contributed by atoms with van der Waals surface area (Å²) in [7, 11) is 1.30. The lowest BCUT2D eigenvalue weighted by molar-refractivity contribution is 0.0785. The molecule has 1 aromatic carbocycles. The quantitative estimate of drug-likeness (QED) is 0.428. The van der Waals surface area contributed by atoms with Gasteiger partial charge in [0.25, 0.3) is 5.91 Å². The number of hydrogen-bond donors (Lipinski definition) is 4. The molecule has 12 heteroatoms. The van der Waals surface area contributed by atoms with Gasteiger partial charge in [-0.05, 0) is 6.07 Å². The number of ether oxygens (including phenoxy) is 1. The maximum atomic E-state index is 14.5. The number of pyridine rings is 1. The third kappa shape index (κ3) is 4.52. The number of carbonyl (C=O) groups is 1. The lowest BCUT2D eigenvalue weighted by Crippen LogP contribution is -2.55. The van der Waals surface area contributed by atoms with Crippen LogP contribution in [-0.4, -0.2) is 53.3 Å². The Bertz CT molecular complexity index is 1190. The van der Waals surface area contributed by atoms with E-state index in [2.05, 4.69) is 15.3 Å². The van der Waals surface area contributed by atoms with Crippen LogP contribution in [0.4, 0.5) is 25.2 Å². The van der Waals surface area contributed by atoms with E-state index in [9.17, 15) is 18.7 Å². The van der Waals surface area contributed by atoms with Crippen LogP contribution in [-0.2, 0) is 0 Å². The largest absolute Gasteiger partial charge is 0.497 e. The molecule has 0 spiro atoms. The molecule has 4 rings (SSSR count). The van der Waals surface area contributed by atoms with E-state index in [0.717, 1.165) is 23.5 Å². The number of nitrogens with zero attached hydrogens (tertiary/aromatic N) is 3. The number of nitrogen functional groups attached to an aromatic ring is 1. The second-order valence-electron chi connectivity index (χ2n) is 8.08. The summed E-state index contributed by atoms with van der Waals surface area (Å²) in [6.07, 6.45) is 2.43. The summed E-state index contributed by atoms with van der Waals surface area (Å²) < 4.78 is 33.8. The molecule has 1 fully saturated rings. The average molecular weight is 491 g/mol. The van der Waals surface area contributed by atoms with Crippen LogP contribution in [0, 0.1) is 17.6 Å². The predicted octanol–water partition coefficient (Wildman–Crippen LogP) is 2.47. The van der Waals surface area contributed by atoms with Crippen LogP contribution in [0.3, 0.4) is 0 Å². The van der Waals surface area contributed by atoms with Gasteiger partial charge in [0.1, 0.15) is 27.4 Å². The number of carbonyl (C=O) groups excluding carboxylic acids is 1.